The topological polar surface area (TPSA) is 92.8 Å². The molecule has 33 heavy (non-hydrogen) atoms. The number of carbonyl (C=O) groups excluding carboxylic acids is 2. The largest absolute Gasteiger partial charge is 0.447 e. The second kappa shape index (κ2) is 11.0. The number of aryl methyl sites for hydroxylation is 1. The molecule has 0 saturated carbocycles. The molecule has 1 N–H and O–H groups in total. The Morgan fingerprint density at radius 3 is 2.36 bits per heavy atom. The average Bonchev–Trinajstić information content (AvgIpc) is 3.18. The highest BCUT2D eigenvalue weighted by Crippen LogP contribution is 2.32. The van der Waals surface area contributed by atoms with Gasteiger partial charge in [0.1, 0.15) is 6.61 Å². The molecule has 7 nitrogen and oxygen atoms in total. The van der Waals surface area contributed by atoms with E-state index in [2.05, 4.69) is 27.3 Å². The number of hydrogen-bond donors (Lipinski definition) is 1. The van der Waals surface area contributed by atoms with Crippen LogP contribution in [-0.2, 0) is 19.6 Å². The van der Waals surface area contributed by atoms with Gasteiger partial charge in [0.05, 0.1) is 22.9 Å². The summed E-state index contributed by atoms with van der Waals surface area (Å²) in [6, 6.07) is 14.3. The molecule has 1 heterocycles. The van der Waals surface area contributed by atoms with Gasteiger partial charge in [-0.1, -0.05) is 84.5 Å². The van der Waals surface area contributed by atoms with Crippen LogP contribution in [0.25, 0.3) is 0 Å². The van der Waals surface area contributed by atoms with Gasteiger partial charge in [-0.15, -0.1) is 0 Å². The Balaban J connectivity index is 2.02. The number of benzene rings is 2. The molecule has 0 bridgehead atoms. The molecule has 2 amide bonds. The van der Waals surface area contributed by atoms with E-state index in [4.69, 9.17) is 4.74 Å². The minimum Gasteiger partial charge on any atom is -0.447 e. The third-order valence-electron chi connectivity index (χ3n) is 5.82. The maximum absolute atomic E-state index is 13.7. The van der Waals surface area contributed by atoms with Crippen molar-refractivity contribution in [3.05, 3.63) is 65.7 Å². The van der Waals surface area contributed by atoms with E-state index in [9.17, 15) is 18.0 Å². The van der Waals surface area contributed by atoms with Gasteiger partial charge in [0, 0.05) is 4.43 Å². The van der Waals surface area contributed by atoms with E-state index in [-0.39, 0.29) is 23.5 Å². The summed E-state index contributed by atoms with van der Waals surface area (Å²) in [4.78, 5) is 27.5. The Morgan fingerprint density at radius 2 is 1.79 bits per heavy atom. The first kappa shape index (κ1) is 25.6. The number of rotatable bonds is 9. The SMILES string of the molecule is Cc1ccc(S(=O)(=O)N[C@H](c2ccccc2)[C@@H](CCI)C(=O)N2C(=O)OC[C@@H]2C(C)C)cc1. The molecule has 0 aromatic heterocycles. The summed E-state index contributed by atoms with van der Waals surface area (Å²) in [5, 5.41) is 0. The van der Waals surface area contributed by atoms with Crippen LogP contribution in [0.4, 0.5) is 4.79 Å². The van der Waals surface area contributed by atoms with Gasteiger partial charge in [0.15, 0.2) is 0 Å². The standard InChI is InChI=1S/C24H29IN2O5S/c1-16(2)21-15-32-24(29)27(21)23(28)20(13-14-25)22(18-7-5-4-6-8-18)26-33(30,31)19-11-9-17(3)10-12-19/h4-12,16,20-22,26H,13-15H2,1-3H3/t20-,21-,22-/m1/s1. The van der Waals surface area contributed by atoms with Crippen molar-refractivity contribution in [1.29, 1.82) is 0 Å². The summed E-state index contributed by atoms with van der Waals surface area (Å²) < 4.78 is 35.1. The van der Waals surface area contributed by atoms with Crippen molar-refractivity contribution >= 4 is 44.6 Å². The quantitative estimate of drug-likeness (QED) is 0.347. The zero-order chi connectivity index (χ0) is 24.2. The molecule has 0 aliphatic carbocycles. The fourth-order valence-electron chi connectivity index (χ4n) is 3.90. The van der Waals surface area contributed by atoms with Crippen LogP contribution in [0.2, 0.25) is 0 Å². The van der Waals surface area contributed by atoms with Crippen molar-refractivity contribution in [2.24, 2.45) is 11.8 Å². The van der Waals surface area contributed by atoms with Crippen molar-refractivity contribution in [2.45, 2.75) is 44.2 Å². The van der Waals surface area contributed by atoms with Gasteiger partial charge in [0.2, 0.25) is 15.9 Å². The third kappa shape index (κ3) is 5.93. The van der Waals surface area contributed by atoms with Gasteiger partial charge >= 0.3 is 6.09 Å². The van der Waals surface area contributed by atoms with Crippen molar-refractivity contribution < 1.29 is 22.7 Å². The van der Waals surface area contributed by atoms with Gasteiger partial charge in [-0.2, -0.15) is 0 Å². The van der Waals surface area contributed by atoms with Gasteiger partial charge in [-0.05, 0) is 37.0 Å². The molecule has 9 heteroatoms. The molecule has 0 spiro atoms. The molecule has 178 valence electrons. The lowest BCUT2D eigenvalue weighted by molar-refractivity contribution is -0.135. The van der Waals surface area contributed by atoms with Gasteiger partial charge in [-0.25, -0.2) is 22.8 Å². The normalized spacial score (nSPS) is 18.3. The lowest BCUT2D eigenvalue weighted by atomic mass is 9.89. The summed E-state index contributed by atoms with van der Waals surface area (Å²) in [7, 11) is -3.93. The number of hydrogen-bond acceptors (Lipinski definition) is 5. The molecule has 2 aromatic carbocycles. The number of amides is 2. The number of alkyl halides is 1. The molecule has 1 aliphatic rings. The summed E-state index contributed by atoms with van der Waals surface area (Å²) in [6.07, 6.45) is -0.283. The predicted molar refractivity (Wildman–Crippen MR) is 134 cm³/mol. The van der Waals surface area contributed by atoms with Crippen LogP contribution in [0, 0.1) is 18.8 Å². The first-order valence-electron chi connectivity index (χ1n) is 10.9. The van der Waals surface area contributed by atoms with Crippen LogP contribution < -0.4 is 4.72 Å². The molecule has 3 rings (SSSR count). The molecule has 1 saturated heterocycles. The van der Waals surface area contributed by atoms with Crippen molar-refractivity contribution in [3.8, 4) is 0 Å². The second-order valence-electron chi connectivity index (χ2n) is 8.50. The lowest BCUT2D eigenvalue weighted by Gasteiger charge is -2.32. The van der Waals surface area contributed by atoms with E-state index in [0.717, 1.165) is 5.56 Å². The van der Waals surface area contributed by atoms with Crippen LogP contribution in [-0.4, -0.2) is 42.4 Å². The number of nitrogens with one attached hydrogen (secondary N) is 1. The summed E-state index contributed by atoms with van der Waals surface area (Å²) in [5.41, 5.74) is 1.60. The lowest BCUT2D eigenvalue weighted by Crippen LogP contribution is -2.48. The van der Waals surface area contributed by atoms with Gasteiger partial charge < -0.3 is 4.74 Å². The molecule has 2 aromatic rings. The van der Waals surface area contributed by atoms with E-state index in [0.29, 0.717) is 16.4 Å². The van der Waals surface area contributed by atoms with E-state index < -0.39 is 34.0 Å². The molecule has 1 aliphatic heterocycles. The number of sulfonamides is 1. The van der Waals surface area contributed by atoms with E-state index in [1.807, 2.05) is 26.8 Å². The highest BCUT2D eigenvalue weighted by atomic mass is 127. The van der Waals surface area contributed by atoms with Crippen LogP contribution in [0.5, 0.6) is 0 Å². The minimum absolute atomic E-state index is 0.0140. The van der Waals surface area contributed by atoms with Crippen LogP contribution in [0.3, 0.4) is 0 Å². The molecular weight excluding hydrogens is 555 g/mol. The van der Waals surface area contributed by atoms with E-state index in [1.165, 1.54) is 4.90 Å². The zero-order valence-corrected chi connectivity index (χ0v) is 21.9. The van der Waals surface area contributed by atoms with Crippen molar-refractivity contribution in [3.63, 3.8) is 0 Å². The smallest absolute Gasteiger partial charge is 0.416 e. The Kier molecular flexibility index (Phi) is 8.52. The van der Waals surface area contributed by atoms with Crippen molar-refractivity contribution in [1.82, 2.24) is 9.62 Å². The van der Waals surface area contributed by atoms with E-state index in [1.54, 1.807) is 48.5 Å². The number of nitrogens with zero attached hydrogens (tertiary/aromatic N) is 1. The predicted octanol–water partition coefficient (Wildman–Crippen LogP) is 4.46. The average molecular weight is 584 g/mol. The van der Waals surface area contributed by atoms with Gasteiger partial charge in [-0.3, -0.25) is 4.79 Å². The zero-order valence-electron chi connectivity index (χ0n) is 18.9. The number of carbonyl (C=O) groups is 2. The highest BCUT2D eigenvalue weighted by Gasteiger charge is 2.44. The molecule has 0 unspecified atom stereocenters. The summed E-state index contributed by atoms with van der Waals surface area (Å²) in [5.74, 6) is -1.19. The minimum atomic E-state index is -3.93. The maximum atomic E-state index is 13.7. The van der Waals surface area contributed by atoms with Crippen LogP contribution >= 0.6 is 22.6 Å². The van der Waals surface area contributed by atoms with E-state index >= 15 is 0 Å². The third-order valence-corrected chi connectivity index (χ3v) is 7.90. The van der Waals surface area contributed by atoms with Crippen LogP contribution in [0.1, 0.15) is 37.4 Å². The molecule has 0 radical (unpaired) electrons. The van der Waals surface area contributed by atoms with Gasteiger partial charge in [0.25, 0.3) is 0 Å². The first-order chi connectivity index (χ1) is 15.7. The second-order valence-corrected chi connectivity index (χ2v) is 11.3. The Bertz CT molecular complexity index is 1070. The van der Waals surface area contributed by atoms with Crippen LogP contribution in [0.15, 0.2) is 59.5 Å². The Labute approximate surface area is 209 Å². The first-order valence-corrected chi connectivity index (χ1v) is 13.9. The fourth-order valence-corrected chi connectivity index (χ4v) is 5.84. The summed E-state index contributed by atoms with van der Waals surface area (Å²) in [6.45, 7) is 5.88. The monoisotopic (exact) mass is 584 g/mol. The molecule has 1 fully saturated rings. The number of halogens is 1. The summed E-state index contributed by atoms with van der Waals surface area (Å²) >= 11 is 2.16. The maximum Gasteiger partial charge on any atom is 0.416 e. The molecular formula is C24H29IN2O5S. The Morgan fingerprint density at radius 1 is 1.15 bits per heavy atom. The Hall–Kier alpha value is -1.98. The van der Waals surface area contributed by atoms with Crippen molar-refractivity contribution in [2.75, 3.05) is 11.0 Å². The fraction of sp³-hybridized carbons (Fsp3) is 0.417. The number of imide groups is 1. The number of ether oxygens (including phenoxy) is 1. The highest BCUT2D eigenvalue weighted by molar-refractivity contribution is 14.1. The molecule has 3 atom stereocenters. The number of cyclic esters (lactones) is 1.